The molecule has 0 N–H and O–H groups in total. The van der Waals surface area contributed by atoms with Crippen LogP contribution >= 0.6 is 43.5 Å². The number of hydrogen-bond acceptors (Lipinski definition) is 1. The van der Waals surface area contributed by atoms with Gasteiger partial charge in [-0.2, -0.15) is 0 Å². The first-order valence-electron chi connectivity index (χ1n) is 6.43. The van der Waals surface area contributed by atoms with Crippen LogP contribution in [0.4, 0.5) is 0 Å². The van der Waals surface area contributed by atoms with E-state index in [0.29, 0.717) is 0 Å². The number of fused-ring (bicyclic) bond motifs is 1. The predicted molar refractivity (Wildman–Crippen MR) is 89.8 cm³/mol. The van der Waals surface area contributed by atoms with E-state index in [1.807, 2.05) is 30.3 Å². The first-order chi connectivity index (χ1) is 9.54. The van der Waals surface area contributed by atoms with Gasteiger partial charge in [-0.25, -0.2) is 0 Å². The van der Waals surface area contributed by atoms with E-state index in [0.717, 1.165) is 32.2 Å². The highest BCUT2D eigenvalue weighted by atomic mass is 79.9. The Morgan fingerprint density at radius 3 is 2.80 bits per heavy atom. The summed E-state index contributed by atoms with van der Waals surface area (Å²) in [5.74, 6) is 0.985. The molecule has 1 aliphatic rings. The van der Waals surface area contributed by atoms with Gasteiger partial charge in [0.15, 0.2) is 0 Å². The van der Waals surface area contributed by atoms with Gasteiger partial charge in [0.2, 0.25) is 0 Å². The molecule has 2 aromatic rings. The summed E-state index contributed by atoms with van der Waals surface area (Å²) in [4.78, 5) is 0. The van der Waals surface area contributed by atoms with Crippen LogP contribution < -0.4 is 4.74 Å². The quantitative estimate of drug-likeness (QED) is 0.557. The van der Waals surface area contributed by atoms with Gasteiger partial charge in [0.05, 0.1) is 5.38 Å². The van der Waals surface area contributed by atoms with E-state index in [9.17, 15) is 0 Å². The molecule has 2 aromatic carbocycles. The van der Waals surface area contributed by atoms with Crippen LogP contribution in [0.3, 0.4) is 0 Å². The predicted octanol–water partition coefficient (Wildman–Crippen LogP) is 5.86. The van der Waals surface area contributed by atoms with Gasteiger partial charge in [-0.05, 0) is 47.9 Å². The van der Waals surface area contributed by atoms with Gasteiger partial charge in [0.1, 0.15) is 11.9 Å². The molecule has 20 heavy (non-hydrogen) atoms. The van der Waals surface area contributed by atoms with Crippen molar-refractivity contribution >= 4 is 43.5 Å². The molecule has 1 nitrogen and oxygen atoms in total. The van der Waals surface area contributed by atoms with E-state index in [2.05, 4.69) is 44.8 Å². The van der Waals surface area contributed by atoms with E-state index >= 15 is 0 Å². The van der Waals surface area contributed by atoms with Crippen molar-refractivity contribution in [3.05, 3.63) is 62.0 Å². The smallest absolute Gasteiger partial charge is 0.123 e. The molecule has 104 valence electrons. The number of rotatable bonds is 2. The summed E-state index contributed by atoms with van der Waals surface area (Å²) in [6.07, 6.45) is 1.21. The van der Waals surface area contributed by atoms with Crippen LogP contribution in [0.2, 0.25) is 0 Å². The second-order valence-electron chi connectivity index (χ2n) is 5.03. The maximum Gasteiger partial charge on any atom is 0.123 e. The molecule has 0 saturated heterocycles. The summed E-state index contributed by atoms with van der Waals surface area (Å²) < 4.78 is 7.78. The summed E-state index contributed by atoms with van der Waals surface area (Å²) in [7, 11) is 0. The summed E-state index contributed by atoms with van der Waals surface area (Å²) in [6, 6.07) is 12.3. The molecule has 2 unspecified atom stereocenters. The zero-order valence-electron chi connectivity index (χ0n) is 10.9. The Morgan fingerprint density at radius 1 is 1.20 bits per heavy atom. The first-order valence-corrected chi connectivity index (χ1v) is 8.45. The normalized spacial score (nSPS) is 18.5. The van der Waals surface area contributed by atoms with Crippen molar-refractivity contribution in [2.24, 2.45) is 0 Å². The van der Waals surface area contributed by atoms with Gasteiger partial charge in [-0.3, -0.25) is 0 Å². The largest absolute Gasteiger partial charge is 0.490 e. The van der Waals surface area contributed by atoms with Crippen molar-refractivity contribution in [3.63, 3.8) is 0 Å². The Labute approximate surface area is 140 Å². The Hall–Kier alpha value is -0.510. The van der Waals surface area contributed by atoms with Crippen LogP contribution in [0.25, 0.3) is 0 Å². The lowest BCUT2D eigenvalue weighted by molar-refractivity contribution is 0.254. The number of benzene rings is 2. The van der Waals surface area contributed by atoms with Gasteiger partial charge in [0, 0.05) is 15.4 Å². The topological polar surface area (TPSA) is 9.23 Å². The Balaban J connectivity index is 1.97. The molecule has 0 spiro atoms. The molecule has 2 atom stereocenters. The molecule has 0 aromatic heterocycles. The van der Waals surface area contributed by atoms with Crippen molar-refractivity contribution in [2.75, 3.05) is 0 Å². The van der Waals surface area contributed by atoms with Gasteiger partial charge in [-0.1, -0.05) is 44.0 Å². The number of hydrogen-bond donors (Lipinski definition) is 0. The van der Waals surface area contributed by atoms with Crippen molar-refractivity contribution in [1.82, 2.24) is 0 Å². The fraction of sp³-hybridized carbons (Fsp3) is 0.250. The number of alkyl halides is 1. The van der Waals surface area contributed by atoms with E-state index in [1.54, 1.807) is 0 Å². The molecule has 0 saturated carbocycles. The summed E-state index contributed by atoms with van der Waals surface area (Å²) in [5.41, 5.74) is 3.40. The van der Waals surface area contributed by atoms with E-state index < -0.39 is 0 Å². The average Bonchev–Trinajstić information content (AvgIpc) is 2.79. The van der Waals surface area contributed by atoms with Crippen molar-refractivity contribution in [2.45, 2.75) is 24.8 Å². The molecule has 1 heterocycles. The van der Waals surface area contributed by atoms with Crippen molar-refractivity contribution in [1.29, 1.82) is 0 Å². The van der Waals surface area contributed by atoms with Crippen LogP contribution in [0.1, 0.15) is 29.0 Å². The third kappa shape index (κ3) is 2.76. The number of ether oxygens (including phenoxy) is 1. The summed E-state index contributed by atoms with van der Waals surface area (Å²) in [5, 5.41) is -0.178. The van der Waals surface area contributed by atoms with Crippen LogP contribution in [0.15, 0.2) is 45.3 Å². The lowest BCUT2D eigenvalue weighted by atomic mass is 10.0. The second-order valence-corrected chi connectivity index (χ2v) is 7.23. The highest BCUT2D eigenvalue weighted by Gasteiger charge is 2.22. The van der Waals surface area contributed by atoms with Crippen molar-refractivity contribution in [3.8, 4) is 5.75 Å². The standard InChI is InChI=1S/C16H13Br2ClO/c1-9-6-11-7-10(2-5-15(11)20-9)16(19)13-8-12(17)3-4-14(13)18/h2-5,7-9,16H,6H2,1H3. The molecule has 0 fully saturated rings. The maximum atomic E-state index is 6.66. The second kappa shape index (κ2) is 5.70. The Morgan fingerprint density at radius 2 is 2.00 bits per heavy atom. The van der Waals surface area contributed by atoms with E-state index in [4.69, 9.17) is 16.3 Å². The van der Waals surface area contributed by atoms with Crippen LogP contribution in [0, 0.1) is 0 Å². The Kier molecular flexibility index (Phi) is 4.11. The van der Waals surface area contributed by atoms with Crippen LogP contribution in [-0.2, 0) is 6.42 Å². The zero-order chi connectivity index (χ0) is 14.3. The van der Waals surface area contributed by atoms with Gasteiger partial charge in [0.25, 0.3) is 0 Å². The minimum Gasteiger partial charge on any atom is -0.490 e. The monoisotopic (exact) mass is 414 g/mol. The van der Waals surface area contributed by atoms with Crippen molar-refractivity contribution < 1.29 is 4.74 Å². The van der Waals surface area contributed by atoms with Gasteiger partial charge in [-0.15, -0.1) is 11.6 Å². The van der Waals surface area contributed by atoms with Gasteiger partial charge < -0.3 is 4.74 Å². The van der Waals surface area contributed by atoms with Crippen LogP contribution in [-0.4, -0.2) is 6.10 Å². The van der Waals surface area contributed by atoms with Crippen LogP contribution in [0.5, 0.6) is 5.75 Å². The average molecular weight is 417 g/mol. The molecule has 4 heteroatoms. The lowest BCUT2D eigenvalue weighted by Crippen LogP contribution is -2.05. The SMILES string of the molecule is CC1Cc2cc(C(Cl)c3cc(Br)ccc3Br)ccc2O1. The third-order valence-electron chi connectivity index (χ3n) is 3.44. The Bertz CT molecular complexity index is 657. The lowest BCUT2D eigenvalue weighted by Gasteiger charge is -2.14. The molecule has 1 aliphatic heterocycles. The van der Waals surface area contributed by atoms with E-state index in [1.165, 1.54) is 5.56 Å². The van der Waals surface area contributed by atoms with E-state index in [-0.39, 0.29) is 11.5 Å². The van der Waals surface area contributed by atoms with Gasteiger partial charge >= 0.3 is 0 Å². The molecule has 0 amide bonds. The molecule has 0 radical (unpaired) electrons. The first kappa shape index (κ1) is 14.4. The molecular formula is C16H13Br2ClO. The molecular weight excluding hydrogens is 403 g/mol. The number of halogens is 3. The minimum atomic E-state index is -0.178. The molecule has 0 aliphatic carbocycles. The molecule has 0 bridgehead atoms. The highest BCUT2D eigenvalue weighted by Crippen LogP contribution is 2.38. The summed E-state index contributed by atoms with van der Waals surface area (Å²) in [6.45, 7) is 2.09. The minimum absolute atomic E-state index is 0.178. The molecule has 3 rings (SSSR count). The fourth-order valence-electron chi connectivity index (χ4n) is 2.49. The third-order valence-corrected chi connectivity index (χ3v) is 5.15. The zero-order valence-corrected chi connectivity index (χ0v) is 14.8. The highest BCUT2D eigenvalue weighted by molar-refractivity contribution is 9.11. The summed E-state index contributed by atoms with van der Waals surface area (Å²) >= 11 is 13.7. The maximum absolute atomic E-state index is 6.66. The fourth-order valence-corrected chi connectivity index (χ4v) is 3.79.